The highest BCUT2D eigenvalue weighted by Crippen LogP contribution is 2.44. The number of aromatic amines is 1. The van der Waals surface area contributed by atoms with Gasteiger partial charge in [-0.1, -0.05) is 50.7 Å². The van der Waals surface area contributed by atoms with E-state index in [1.807, 2.05) is 18.6 Å². The molecule has 0 aliphatic carbocycles. The van der Waals surface area contributed by atoms with Crippen molar-refractivity contribution in [2.75, 3.05) is 12.8 Å². The molecule has 26 heavy (non-hydrogen) atoms. The lowest BCUT2D eigenvalue weighted by atomic mass is 9.79. The maximum atomic E-state index is 4.45. The van der Waals surface area contributed by atoms with Crippen LogP contribution in [0.1, 0.15) is 43.6 Å². The van der Waals surface area contributed by atoms with Crippen LogP contribution in [-0.2, 0) is 13.0 Å². The third-order valence-electron chi connectivity index (χ3n) is 5.20. The fourth-order valence-electron chi connectivity index (χ4n) is 4.21. The van der Waals surface area contributed by atoms with Gasteiger partial charge in [0, 0.05) is 47.6 Å². The molecule has 1 aliphatic rings. The quantitative estimate of drug-likeness (QED) is 0.533. The highest BCUT2D eigenvalue weighted by molar-refractivity contribution is 7.98. The Morgan fingerprint density at radius 2 is 1.92 bits per heavy atom. The predicted molar refractivity (Wildman–Crippen MR) is 108 cm³/mol. The van der Waals surface area contributed by atoms with Crippen molar-refractivity contribution in [3.8, 4) is 0 Å². The summed E-state index contributed by atoms with van der Waals surface area (Å²) in [5.41, 5.74) is 5.44. The molecule has 3 aromatic rings. The highest BCUT2D eigenvalue weighted by Gasteiger charge is 2.38. The minimum absolute atomic E-state index is 0.135. The summed E-state index contributed by atoms with van der Waals surface area (Å²) in [7, 11) is 0. The molecule has 0 radical (unpaired) electrons. The van der Waals surface area contributed by atoms with Crippen LogP contribution in [0.25, 0.3) is 10.9 Å². The molecule has 0 spiro atoms. The first kappa shape index (κ1) is 17.6. The fraction of sp³-hybridized carbons (Fsp3) is 0.429. The number of thioether (sulfide) groups is 1. The summed E-state index contributed by atoms with van der Waals surface area (Å²) in [5, 5.41) is 2.21. The number of benzene rings is 1. The van der Waals surface area contributed by atoms with E-state index in [-0.39, 0.29) is 5.41 Å². The zero-order valence-electron chi connectivity index (χ0n) is 15.9. The summed E-state index contributed by atoms with van der Waals surface area (Å²) < 4.78 is 0. The van der Waals surface area contributed by atoms with Crippen molar-refractivity contribution in [2.24, 2.45) is 5.41 Å². The molecule has 1 N–H and O–H groups in total. The molecule has 2 aromatic heterocycles. The molecule has 0 bridgehead atoms. The summed E-state index contributed by atoms with van der Waals surface area (Å²) in [4.78, 5) is 15.2. The lowest BCUT2D eigenvalue weighted by Gasteiger charge is -2.43. The van der Waals surface area contributed by atoms with Crippen molar-refractivity contribution in [2.45, 2.75) is 44.9 Å². The maximum Gasteiger partial charge on any atom is 0.187 e. The Labute approximate surface area is 159 Å². The normalized spacial score (nSPS) is 18.2. The first-order chi connectivity index (χ1) is 12.5. The summed E-state index contributed by atoms with van der Waals surface area (Å²) in [6.07, 6.45) is 7.03. The SMILES string of the molecule is CSc1ncc(CN2CCc3c([nH]c4ccccc34)C2C(C)(C)C)cn1. The molecule has 5 heteroatoms. The van der Waals surface area contributed by atoms with E-state index in [1.54, 1.807) is 11.8 Å². The molecule has 4 rings (SSSR count). The molecule has 1 unspecified atom stereocenters. The van der Waals surface area contributed by atoms with Crippen molar-refractivity contribution in [1.29, 1.82) is 0 Å². The van der Waals surface area contributed by atoms with Gasteiger partial charge in [0.25, 0.3) is 0 Å². The molecule has 136 valence electrons. The van der Waals surface area contributed by atoms with Crippen molar-refractivity contribution in [3.63, 3.8) is 0 Å². The summed E-state index contributed by atoms with van der Waals surface area (Å²) >= 11 is 1.58. The number of hydrogen-bond donors (Lipinski definition) is 1. The number of para-hydroxylation sites is 1. The molecular formula is C21H26N4S. The van der Waals surface area contributed by atoms with Gasteiger partial charge in [-0.15, -0.1) is 0 Å². The van der Waals surface area contributed by atoms with E-state index in [9.17, 15) is 0 Å². The Morgan fingerprint density at radius 1 is 1.19 bits per heavy atom. The third-order valence-corrected chi connectivity index (χ3v) is 5.78. The first-order valence-corrected chi connectivity index (χ1v) is 10.4. The van der Waals surface area contributed by atoms with Crippen LogP contribution < -0.4 is 0 Å². The monoisotopic (exact) mass is 366 g/mol. The van der Waals surface area contributed by atoms with E-state index >= 15 is 0 Å². The minimum atomic E-state index is 0.135. The molecule has 0 amide bonds. The molecular weight excluding hydrogens is 340 g/mol. The van der Waals surface area contributed by atoms with Crippen LogP contribution >= 0.6 is 11.8 Å². The Bertz CT molecular complexity index is 908. The zero-order chi connectivity index (χ0) is 18.3. The first-order valence-electron chi connectivity index (χ1n) is 9.16. The van der Waals surface area contributed by atoms with E-state index in [4.69, 9.17) is 0 Å². The van der Waals surface area contributed by atoms with Crippen molar-refractivity contribution in [1.82, 2.24) is 19.9 Å². The van der Waals surface area contributed by atoms with Gasteiger partial charge in [0.2, 0.25) is 0 Å². The summed E-state index contributed by atoms with van der Waals surface area (Å²) in [6.45, 7) is 8.93. The number of nitrogens with one attached hydrogen (secondary N) is 1. The largest absolute Gasteiger partial charge is 0.357 e. The van der Waals surface area contributed by atoms with Crippen molar-refractivity contribution < 1.29 is 0 Å². The third kappa shape index (κ3) is 3.14. The van der Waals surface area contributed by atoms with Crippen LogP contribution in [-0.4, -0.2) is 32.7 Å². The number of rotatable bonds is 3. The van der Waals surface area contributed by atoms with Gasteiger partial charge in [-0.25, -0.2) is 9.97 Å². The maximum absolute atomic E-state index is 4.45. The number of nitrogens with zero attached hydrogens (tertiary/aromatic N) is 3. The van der Waals surface area contributed by atoms with Gasteiger partial charge in [0.05, 0.1) is 6.04 Å². The second-order valence-corrected chi connectivity index (χ2v) is 8.90. The van der Waals surface area contributed by atoms with Gasteiger partial charge >= 0.3 is 0 Å². The Hall–Kier alpha value is -1.85. The van der Waals surface area contributed by atoms with Gasteiger partial charge in [0.15, 0.2) is 5.16 Å². The molecule has 3 heterocycles. The standard InChI is InChI=1S/C21H26N4S/c1-21(2,3)19-18-16(15-7-5-6-8-17(15)24-18)9-10-25(19)13-14-11-22-20(26-4)23-12-14/h5-8,11-12,19,24H,9-10,13H2,1-4H3. The molecule has 0 saturated heterocycles. The van der Waals surface area contributed by atoms with E-state index in [1.165, 1.54) is 27.7 Å². The van der Waals surface area contributed by atoms with E-state index < -0.39 is 0 Å². The summed E-state index contributed by atoms with van der Waals surface area (Å²) in [5.74, 6) is 0. The van der Waals surface area contributed by atoms with Gasteiger partial charge < -0.3 is 4.98 Å². The Morgan fingerprint density at radius 3 is 2.62 bits per heavy atom. The van der Waals surface area contributed by atoms with Crippen LogP contribution in [0.5, 0.6) is 0 Å². The predicted octanol–water partition coefficient (Wildman–Crippen LogP) is 4.83. The Kier molecular flexibility index (Phi) is 4.53. The highest BCUT2D eigenvalue weighted by atomic mass is 32.2. The molecule has 1 aromatic carbocycles. The molecule has 1 atom stereocenters. The van der Waals surface area contributed by atoms with E-state index in [0.29, 0.717) is 6.04 Å². The van der Waals surface area contributed by atoms with Crippen LogP contribution in [0.15, 0.2) is 41.8 Å². The number of fused-ring (bicyclic) bond motifs is 3. The average Bonchev–Trinajstić information content (AvgIpc) is 2.99. The average molecular weight is 367 g/mol. The second kappa shape index (κ2) is 6.71. The smallest absolute Gasteiger partial charge is 0.187 e. The van der Waals surface area contributed by atoms with Crippen LogP contribution in [0.2, 0.25) is 0 Å². The van der Waals surface area contributed by atoms with Crippen LogP contribution in [0, 0.1) is 5.41 Å². The fourth-order valence-corrected chi connectivity index (χ4v) is 4.52. The van der Waals surface area contributed by atoms with E-state index in [2.05, 4.69) is 64.9 Å². The number of hydrogen-bond acceptors (Lipinski definition) is 4. The summed E-state index contributed by atoms with van der Waals surface area (Å²) in [6, 6.07) is 9.03. The Balaban J connectivity index is 1.71. The second-order valence-electron chi connectivity index (χ2n) is 8.13. The van der Waals surface area contributed by atoms with Crippen LogP contribution in [0.4, 0.5) is 0 Å². The molecule has 1 aliphatic heterocycles. The molecule has 0 saturated carbocycles. The van der Waals surface area contributed by atoms with Gasteiger partial charge in [-0.3, -0.25) is 4.90 Å². The number of aromatic nitrogens is 3. The molecule has 0 fully saturated rings. The number of H-pyrrole nitrogens is 1. The topological polar surface area (TPSA) is 44.8 Å². The van der Waals surface area contributed by atoms with Crippen molar-refractivity contribution in [3.05, 3.63) is 53.5 Å². The molecule has 4 nitrogen and oxygen atoms in total. The zero-order valence-corrected chi connectivity index (χ0v) is 16.7. The van der Waals surface area contributed by atoms with Gasteiger partial charge in [-0.05, 0) is 29.7 Å². The van der Waals surface area contributed by atoms with Gasteiger partial charge in [-0.2, -0.15) is 0 Å². The van der Waals surface area contributed by atoms with Gasteiger partial charge in [0.1, 0.15) is 0 Å². The van der Waals surface area contributed by atoms with Crippen LogP contribution in [0.3, 0.4) is 0 Å². The van der Waals surface area contributed by atoms with Crippen molar-refractivity contribution >= 4 is 22.7 Å². The lowest BCUT2D eigenvalue weighted by molar-refractivity contribution is 0.0791. The lowest BCUT2D eigenvalue weighted by Crippen LogP contribution is -2.41. The minimum Gasteiger partial charge on any atom is -0.357 e. The van der Waals surface area contributed by atoms with E-state index in [0.717, 1.165) is 24.7 Å².